The second-order valence-corrected chi connectivity index (χ2v) is 7.19. The van der Waals surface area contributed by atoms with E-state index in [0.717, 1.165) is 34.6 Å². The molecule has 0 fully saturated rings. The molecule has 0 aliphatic carbocycles. The van der Waals surface area contributed by atoms with Gasteiger partial charge >= 0.3 is 0 Å². The second kappa shape index (κ2) is 6.10. The maximum atomic E-state index is 12.3. The van der Waals surface area contributed by atoms with E-state index in [4.69, 9.17) is 0 Å². The van der Waals surface area contributed by atoms with Crippen molar-refractivity contribution in [3.05, 3.63) is 33.9 Å². The van der Waals surface area contributed by atoms with Gasteiger partial charge < -0.3 is 0 Å². The number of benzene rings is 1. The molecule has 1 aliphatic heterocycles. The van der Waals surface area contributed by atoms with E-state index >= 15 is 0 Å². The number of hydrogen-bond donors (Lipinski definition) is 0. The van der Waals surface area contributed by atoms with Gasteiger partial charge in [-0.15, -0.1) is 0 Å². The van der Waals surface area contributed by atoms with Crippen LogP contribution in [0.3, 0.4) is 0 Å². The minimum absolute atomic E-state index is 0.00101. The predicted molar refractivity (Wildman–Crippen MR) is 79.0 cm³/mol. The van der Waals surface area contributed by atoms with Crippen LogP contribution in [0.1, 0.15) is 29.6 Å². The first-order valence-corrected chi connectivity index (χ1v) is 8.87. The molecule has 0 atom stereocenters. The minimum atomic E-state index is -3.97. The topological polar surface area (TPSA) is 97.6 Å². The van der Waals surface area contributed by atoms with Crippen LogP contribution in [0.4, 0.5) is 5.69 Å². The molecule has 0 N–H and O–H groups in total. The number of unbranched alkanes of at least 4 members (excludes halogenated alkanes) is 2. The molecule has 1 aromatic rings. The molecule has 0 spiro atoms. The zero-order chi connectivity index (χ0) is 15.6. The number of alkyl halides is 1. The molecule has 114 valence electrons. The molecule has 21 heavy (non-hydrogen) atoms. The van der Waals surface area contributed by atoms with Crippen molar-refractivity contribution in [1.82, 2.24) is 4.31 Å². The summed E-state index contributed by atoms with van der Waals surface area (Å²) in [6, 6.07) is 3.29. The number of hydrogen-bond acceptors (Lipinski definition) is 5. The average molecular weight is 377 g/mol. The molecule has 1 heterocycles. The number of fused-ring (bicyclic) bond motifs is 1. The monoisotopic (exact) mass is 376 g/mol. The number of nitro groups is 1. The van der Waals surface area contributed by atoms with Crippen LogP contribution in [0.15, 0.2) is 23.1 Å². The lowest BCUT2D eigenvalue weighted by atomic mass is 10.2. The van der Waals surface area contributed by atoms with Crippen molar-refractivity contribution in [3.63, 3.8) is 0 Å². The van der Waals surface area contributed by atoms with Gasteiger partial charge in [0.1, 0.15) is 4.90 Å². The first-order chi connectivity index (χ1) is 9.89. The quantitative estimate of drug-likeness (QED) is 0.328. The summed E-state index contributed by atoms with van der Waals surface area (Å²) in [6.07, 6.45) is 2.24. The second-order valence-electron chi connectivity index (χ2n) is 4.57. The largest absolute Gasteiger partial charge is 0.270 e. The summed E-state index contributed by atoms with van der Waals surface area (Å²) >= 11 is 3.28. The van der Waals surface area contributed by atoms with Crippen molar-refractivity contribution in [2.75, 3.05) is 11.9 Å². The highest BCUT2D eigenvalue weighted by Crippen LogP contribution is 2.33. The van der Waals surface area contributed by atoms with E-state index in [1.807, 2.05) is 0 Å². The molecule has 0 radical (unpaired) electrons. The van der Waals surface area contributed by atoms with E-state index in [1.54, 1.807) is 0 Å². The SMILES string of the molecule is O=C1c2ccc([N+](=O)[O-])cc2S(=O)(=O)N1CCCCCBr. The van der Waals surface area contributed by atoms with E-state index in [-0.39, 0.29) is 22.7 Å². The van der Waals surface area contributed by atoms with Crippen LogP contribution >= 0.6 is 15.9 Å². The number of carbonyl (C=O) groups is 1. The molecule has 0 saturated heterocycles. The molecule has 0 bridgehead atoms. The van der Waals surface area contributed by atoms with Crippen LogP contribution in [0.25, 0.3) is 0 Å². The van der Waals surface area contributed by atoms with Gasteiger partial charge in [0.25, 0.3) is 21.6 Å². The highest BCUT2D eigenvalue weighted by Gasteiger charge is 2.41. The Labute approximate surface area is 130 Å². The molecular weight excluding hydrogens is 364 g/mol. The third-order valence-electron chi connectivity index (χ3n) is 3.20. The van der Waals surface area contributed by atoms with E-state index < -0.39 is 20.9 Å². The third kappa shape index (κ3) is 2.93. The van der Waals surface area contributed by atoms with Crippen molar-refractivity contribution in [3.8, 4) is 0 Å². The number of nitro benzene ring substituents is 1. The molecule has 9 heteroatoms. The van der Waals surface area contributed by atoms with Gasteiger partial charge in [-0.25, -0.2) is 12.7 Å². The Balaban J connectivity index is 2.29. The van der Waals surface area contributed by atoms with Gasteiger partial charge in [0.2, 0.25) is 0 Å². The summed E-state index contributed by atoms with van der Waals surface area (Å²) in [5.74, 6) is -0.612. The maximum Gasteiger partial charge on any atom is 0.270 e. The standard InChI is InChI=1S/C12H13BrN2O5S/c13-6-2-1-3-7-14-12(16)10-5-4-9(15(17)18)8-11(10)21(14,19)20/h4-5,8H,1-3,6-7H2. The molecule has 1 aromatic carbocycles. The number of nitrogens with zero attached hydrogens (tertiary/aromatic N) is 2. The summed E-state index contributed by atoms with van der Waals surface area (Å²) in [7, 11) is -3.97. The number of amides is 1. The van der Waals surface area contributed by atoms with Gasteiger partial charge in [-0.05, 0) is 18.9 Å². The van der Waals surface area contributed by atoms with Crippen molar-refractivity contribution >= 4 is 37.5 Å². The normalized spacial score (nSPS) is 16.0. The van der Waals surface area contributed by atoms with Gasteiger partial charge in [-0.3, -0.25) is 14.9 Å². The first-order valence-electron chi connectivity index (χ1n) is 6.31. The summed E-state index contributed by atoms with van der Waals surface area (Å²) in [5.41, 5.74) is -0.340. The number of carbonyl (C=O) groups excluding carboxylic acids is 1. The lowest BCUT2D eigenvalue weighted by molar-refractivity contribution is -0.385. The molecular formula is C12H13BrN2O5S. The Hall–Kier alpha value is -1.48. The smallest absolute Gasteiger partial charge is 0.268 e. The van der Waals surface area contributed by atoms with Crippen molar-refractivity contribution in [2.45, 2.75) is 24.2 Å². The van der Waals surface area contributed by atoms with Crippen LogP contribution < -0.4 is 0 Å². The average Bonchev–Trinajstić information content (AvgIpc) is 2.63. The summed E-state index contributed by atoms with van der Waals surface area (Å²) in [4.78, 5) is 21.9. The van der Waals surface area contributed by atoms with Crippen molar-refractivity contribution in [1.29, 1.82) is 0 Å². The van der Waals surface area contributed by atoms with E-state index in [0.29, 0.717) is 6.42 Å². The highest BCUT2D eigenvalue weighted by molar-refractivity contribution is 9.09. The number of non-ortho nitro benzene ring substituents is 1. The molecule has 2 rings (SSSR count). The summed E-state index contributed by atoms with van der Waals surface area (Å²) < 4.78 is 25.4. The van der Waals surface area contributed by atoms with Crippen LogP contribution in [0.5, 0.6) is 0 Å². The van der Waals surface area contributed by atoms with E-state index in [2.05, 4.69) is 15.9 Å². The van der Waals surface area contributed by atoms with Crippen LogP contribution in [-0.4, -0.2) is 35.4 Å². The maximum absolute atomic E-state index is 12.3. The fourth-order valence-corrected chi connectivity index (χ4v) is 4.15. The van der Waals surface area contributed by atoms with Gasteiger partial charge in [0, 0.05) is 24.0 Å². The van der Waals surface area contributed by atoms with E-state index in [1.165, 1.54) is 6.07 Å². The number of halogens is 1. The van der Waals surface area contributed by atoms with Crippen LogP contribution in [0.2, 0.25) is 0 Å². The van der Waals surface area contributed by atoms with Gasteiger partial charge in [0.15, 0.2) is 0 Å². The lowest BCUT2D eigenvalue weighted by Gasteiger charge is -2.14. The Morgan fingerprint density at radius 2 is 1.95 bits per heavy atom. The first kappa shape index (κ1) is 15.9. The summed E-state index contributed by atoms with van der Waals surface area (Å²) in [6.45, 7) is 0.0939. The fourth-order valence-electron chi connectivity index (χ4n) is 2.13. The Bertz CT molecular complexity index is 689. The molecule has 0 aromatic heterocycles. The number of rotatable bonds is 6. The Morgan fingerprint density at radius 3 is 2.57 bits per heavy atom. The molecule has 1 aliphatic rings. The van der Waals surface area contributed by atoms with Crippen molar-refractivity contribution in [2.24, 2.45) is 0 Å². The third-order valence-corrected chi connectivity index (χ3v) is 5.58. The number of sulfonamides is 1. The predicted octanol–water partition coefficient (Wildman–Crippen LogP) is 2.30. The molecule has 7 nitrogen and oxygen atoms in total. The van der Waals surface area contributed by atoms with E-state index in [9.17, 15) is 23.3 Å². The molecule has 1 amide bonds. The fraction of sp³-hybridized carbons (Fsp3) is 0.417. The minimum Gasteiger partial charge on any atom is -0.268 e. The Morgan fingerprint density at radius 1 is 1.24 bits per heavy atom. The van der Waals surface area contributed by atoms with Gasteiger partial charge in [0.05, 0.1) is 10.5 Å². The van der Waals surface area contributed by atoms with Gasteiger partial charge in [-0.1, -0.05) is 22.4 Å². The molecule has 0 unspecified atom stereocenters. The van der Waals surface area contributed by atoms with Gasteiger partial charge in [-0.2, -0.15) is 0 Å². The van der Waals surface area contributed by atoms with Crippen LogP contribution in [-0.2, 0) is 10.0 Å². The van der Waals surface area contributed by atoms with Crippen LogP contribution in [0, 0.1) is 10.1 Å². The Kier molecular flexibility index (Phi) is 4.62. The summed E-state index contributed by atoms with van der Waals surface area (Å²) in [5, 5.41) is 11.5. The van der Waals surface area contributed by atoms with Crippen molar-refractivity contribution < 1.29 is 18.1 Å². The molecule has 0 saturated carbocycles. The highest BCUT2D eigenvalue weighted by atomic mass is 79.9. The zero-order valence-corrected chi connectivity index (χ0v) is 13.4. The zero-order valence-electron chi connectivity index (χ0n) is 11.0. The lowest BCUT2D eigenvalue weighted by Crippen LogP contribution is -2.31.